The fraction of sp³-hybridized carbons (Fsp3) is 0.714. The van der Waals surface area contributed by atoms with Gasteiger partial charge in [-0.3, -0.25) is 0 Å². The molecule has 1 aromatic heterocycles. The Kier molecular flexibility index (Phi) is 3.55. The van der Waals surface area contributed by atoms with Gasteiger partial charge in [0.1, 0.15) is 0 Å². The first-order valence-corrected chi connectivity index (χ1v) is 5.05. The summed E-state index contributed by atoms with van der Waals surface area (Å²) in [6, 6.07) is 0. The number of nitrogens with zero attached hydrogens (tertiary/aromatic N) is 3. The Labute approximate surface area is 76.3 Å². The zero-order chi connectivity index (χ0) is 8.97. The first-order valence-electron chi connectivity index (χ1n) is 3.87. The number of fused-ring (bicyclic) bond motifs is 1. The van der Waals surface area contributed by atoms with E-state index in [1.165, 1.54) is 12.2 Å². The van der Waals surface area contributed by atoms with Gasteiger partial charge in [0, 0.05) is 19.8 Å². The molecule has 0 saturated carbocycles. The van der Waals surface area contributed by atoms with Crippen LogP contribution in [0.25, 0.3) is 0 Å². The van der Waals surface area contributed by atoms with Crippen LogP contribution in [0.2, 0.25) is 0 Å². The van der Waals surface area contributed by atoms with Crippen molar-refractivity contribution in [1.82, 2.24) is 9.19 Å². The lowest BCUT2D eigenvalue weighted by Crippen LogP contribution is -2.29. The van der Waals surface area contributed by atoms with Crippen molar-refractivity contribution in [2.45, 2.75) is 19.4 Å². The average Bonchev–Trinajstić information content (AvgIpc) is 2.65. The molecular weight excluding hydrogens is 174 g/mol. The van der Waals surface area contributed by atoms with Crippen LogP contribution in [0, 0.1) is 0 Å². The molecule has 1 aromatic rings. The lowest BCUT2D eigenvalue weighted by molar-refractivity contribution is -0.691. The maximum Gasteiger partial charge on any atom is 0.278 e. The Morgan fingerprint density at radius 1 is 1.67 bits per heavy atom. The first-order chi connectivity index (χ1) is 5.90. The lowest BCUT2D eigenvalue weighted by atomic mass is 10.4. The Hall–Kier alpha value is -0.550. The minimum atomic E-state index is 1.00. The number of aryl methyl sites for hydroxylation is 2. The minimum Gasteiger partial charge on any atom is -0.400 e. The molecule has 0 atom stereocenters. The molecule has 1 aliphatic rings. The van der Waals surface area contributed by atoms with Gasteiger partial charge in [0.05, 0.1) is 23.6 Å². The molecule has 2 heterocycles. The number of hydrogen-bond donors (Lipinski definition) is 1. The highest BCUT2D eigenvalue weighted by molar-refractivity contribution is 7.97. The molecule has 12 heavy (non-hydrogen) atoms. The number of rotatable bonds is 1. The van der Waals surface area contributed by atoms with Crippen molar-refractivity contribution in [2.24, 2.45) is 0 Å². The maximum absolute atomic E-state index is 7.00. The third-order valence-electron chi connectivity index (χ3n) is 1.77. The van der Waals surface area contributed by atoms with Crippen molar-refractivity contribution >= 4 is 11.9 Å². The van der Waals surface area contributed by atoms with Crippen molar-refractivity contribution in [1.29, 1.82) is 0 Å². The smallest absolute Gasteiger partial charge is 0.278 e. The Bertz CT molecular complexity index is 227. The predicted molar refractivity (Wildman–Crippen MR) is 47.8 cm³/mol. The van der Waals surface area contributed by atoms with E-state index in [2.05, 4.69) is 16.0 Å². The first kappa shape index (κ1) is 9.54. The van der Waals surface area contributed by atoms with E-state index < -0.39 is 0 Å². The fourth-order valence-electron chi connectivity index (χ4n) is 1.26. The zero-order valence-corrected chi connectivity index (χ0v) is 8.21. The highest BCUT2D eigenvalue weighted by Gasteiger charge is 2.21. The highest BCUT2D eigenvalue weighted by Crippen LogP contribution is 2.04. The summed E-state index contributed by atoms with van der Waals surface area (Å²) in [5, 5.41) is 11.4. The van der Waals surface area contributed by atoms with Crippen LogP contribution in [0.5, 0.6) is 0 Å². The van der Waals surface area contributed by atoms with Crippen LogP contribution in [-0.2, 0) is 13.0 Å². The summed E-state index contributed by atoms with van der Waals surface area (Å²) >= 11 is 1.64. The molecule has 1 N–H and O–H groups in total. The highest BCUT2D eigenvalue weighted by atomic mass is 32.2. The van der Waals surface area contributed by atoms with Crippen LogP contribution in [0.3, 0.4) is 0 Å². The van der Waals surface area contributed by atoms with Crippen molar-refractivity contribution in [3.05, 3.63) is 12.2 Å². The standard InChI is InChI=1S/C6H10N3S.CH4O/c1-10-9-5-8-4-2-3-6(8)7-9;1-2/h5H,2-4H2,1H3;2H,1H3/q+1;. The Morgan fingerprint density at radius 2 is 2.42 bits per heavy atom. The SMILES string of the molecule is CO.CSn1c[n+]2c(n1)CCC2. The van der Waals surface area contributed by atoms with Gasteiger partial charge in [-0.05, 0) is 6.42 Å². The quantitative estimate of drug-likeness (QED) is 0.623. The van der Waals surface area contributed by atoms with E-state index in [1.54, 1.807) is 11.9 Å². The van der Waals surface area contributed by atoms with E-state index >= 15 is 0 Å². The van der Waals surface area contributed by atoms with Crippen molar-refractivity contribution < 1.29 is 9.67 Å². The molecular formula is C7H14N3OS+. The number of hydrogen-bond acceptors (Lipinski definition) is 3. The predicted octanol–water partition coefficient (Wildman–Crippen LogP) is -0.149. The molecule has 5 heteroatoms. The van der Waals surface area contributed by atoms with Gasteiger partial charge in [-0.1, -0.05) is 4.09 Å². The molecule has 1 aliphatic heterocycles. The normalized spacial score (nSPS) is 13.6. The van der Waals surface area contributed by atoms with Gasteiger partial charge in [0.25, 0.3) is 5.82 Å². The lowest BCUT2D eigenvalue weighted by Gasteiger charge is -1.81. The second-order valence-corrected chi connectivity index (χ2v) is 3.15. The van der Waals surface area contributed by atoms with Crippen molar-refractivity contribution in [2.75, 3.05) is 13.4 Å². The molecule has 4 nitrogen and oxygen atoms in total. The second-order valence-electron chi connectivity index (χ2n) is 2.41. The van der Waals surface area contributed by atoms with Crippen LogP contribution in [-0.4, -0.2) is 27.7 Å². The number of aliphatic hydroxyl groups is 1. The largest absolute Gasteiger partial charge is 0.400 e. The monoisotopic (exact) mass is 188 g/mol. The zero-order valence-electron chi connectivity index (χ0n) is 7.40. The summed E-state index contributed by atoms with van der Waals surface area (Å²) in [4.78, 5) is 0. The van der Waals surface area contributed by atoms with Gasteiger partial charge in [-0.2, -0.15) is 0 Å². The fourth-order valence-corrected chi connectivity index (χ4v) is 1.64. The second kappa shape index (κ2) is 4.47. The van der Waals surface area contributed by atoms with Gasteiger partial charge in [-0.15, -0.1) is 0 Å². The van der Waals surface area contributed by atoms with Gasteiger partial charge in [0.2, 0.25) is 6.33 Å². The van der Waals surface area contributed by atoms with E-state index in [-0.39, 0.29) is 0 Å². The van der Waals surface area contributed by atoms with Crippen molar-refractivity contribution in [3.63, 3.8) is 0 Å². The van der Waals surface area contributed by atoms with Gasteiger partial charge < -0.3 is 5.11 Å². The van der Waals surface area contributed by atoms with E-state index in [1.807, 2.05) is 10.3 Å². The van der Waals surface area contributed by atoms with E-state index in [4.69, 9.17) is 5.11 Å². The third-order valence-corrected chi connectivity index (χ3v) is 2.32. The molecule has 0 saturated heterocycles. The molecule has 0 aromatic carbocycles. The number of aliphatic hydroxyl groups excluding tert-OH is 1. The molecule has 0 spiro atoms. The van der Waals surface area contributed by atoms with Crippen LogP contribution >= 0.6 is 11.9 Å². The maximum atomic E-state index is 7.00. The van der Waals surface area contributed by atoms with Crippen LogP contribution in [0.1, 0.15) is 12.2 Å². The summed E-state index contributed by atoms with van der Waals surface area (Å²) in [6.07, 6.45) is 6.50. The topological polar surface area (TPSA) is 41.9 Å². The Morgan fingerprint density at radius 3 is 3.00 bits per heavy atom. The minimum absolute atomic E-state index is 1.00. The Balaban J connectivity index is 0.000000336. The summed E-state index contributed by atoms with van der Waals surface area (Å²) in [6.45, 7) is 1.15. The molecule has 0 fully saturated rings. The molecule has 0 unspecified atom stereocenters. The van der Waals surface area contributed by atoms with Crippen LogP contribution in [0.15, 0.2) is 6.33 Å². The van der Waals surface area contributed by atoms with Gasteiger partial charge >= 0.3 is 0 Å². The molecule has 0 amide bonds. The van der Waals surface area contributed by atoms with E-state index in [0.717, 1.165) is 20.1 Å². The van der Waals surface area contributed by atoms with Crippen LogP contribution in [0.4, 0.5) is 0 Å². The molecule has 0 radical (unpaired) electrons. The molecule has 0 bridgehead atoms. The van der Waals surface area contributed by atoms with E-state index in [9.17, 15) is 0 Å². The van der Waals surface area contributed by atoms with Gasteiger partial charge in [-0.25, -0.2) is 4.57 Å². The van der Waals surface area contributed by atoms with E-state index in [0.29, 0.717) is 0 Å². The summed E-state index contributed by atoms with van der Waals surface area (Å²) < 4.78 is 4.13. The average molecular weight is 188 g/mol. The molecule has 2 rings (SSSR count). The van der Waals surface area contributed by atoms with Crippen molar-refractivity contribution in [3.8, 4) is 0 Å². The van der Waals surface area contributed by atoms with Gasteiger partial charge in [0.15, 0.2) is 0 Å². The summed E-state index contributed by atoms with van der Waals surface area (Å²) in [5.74, 6) is 1.23. The summed E-state index contributed by atoms with van der Waals surface area (Å²) in [7, 11) is 1.00. The third kappa shape index (κ3) is 1.78. The van der Waals surface area contributed by atoms with Crippen LogP contribution < -0.4 is 4.57 Å². The molecule has 68 valence electrons. The summed E-state index contributed by atoms with van der Waals surface area (Å²) in [5.41, 5.74) is 0. The number of aromatic nitrogens is 3. The molecule has 0 aliphatic carbocycles.